The highest BCUT2D eigenvalue weighted by Crippen LogP contribution is 2.48. The number of anilines is 1. The molecule has 0 amide bonds. The molecule has 0 radical (unpaired) electrons. The van der Waals surface area contributed by atoms with Gasteiger partial charge in [0.15, 0.2) is 5.82 Å². The second-order valence-corrected chi connectivity index (χ2v) is 15.8. The lowest BCUT2D eigenvalue weighted by Gasteiger charge is -2.28. The van der Waals surface area contributed by atoms with Gasteiger partial charge >= 0.3 is 7.82 Å². The number of rotatable bonds is 25. The maximum Gasteiger partial charge on any atom is 0.472 e. The third-order valence-corrected chi connectivity index (χ3v) is 10.8. The van der Waals surface area contributed by atoms with E-state index in [0.717, 1.165) is 31.7 Å². The molecule has 0 bridgehead atoms. The maximum atomic E-state index is 14.0. The number of hydrogen-bond acceptors (Lipinski definition) is 11. The van der Waals surface area contributed by atoms with Crippen molar-refractivity contribution in [2.75, 3.05) is 18.9 Å². The summed E-state index contributed by atoms with van der Waals surface area (Å²) in [4.78, 5) is 14.6. The number of phosphoric ester groups is 1. The Bertz CT molecular complexity index is 1660. The Kier molecular flexibility index (Phi) is 17.1. The molecule has 1 unspecified atom stereocenters. The van der Waals surface area contributed by atoms with Crippen molar-refractivity contribution in [3.05, 3.63) is 59.3 Å². The summed E-state index contributed by atoms with van der Waals surface area (Å²) in [6.45, 7) is 2.78. The van der Waals surface area contributed by atoms with Crippen molar-refractivity contribution >= 4 is 19.2 Å². The third kappa shape index (κ3) is 13.1. The molecule has 1 aliphatic heterocycles. The molecule has 0 aliphatic carbocycles. The van der Waals surface area contributed by atoms with Crippen LogP contribution in [-0.4, -0.2) is 66.8 Å². The van der Waals surface area contributed by atoms with Gasteiger partial charge in [-0.05, 0) is 49.2 Å². The summed E-state index contributed by atoms with van der Waals surface area (Å²) in [5.41, 5.74) is 5.84. The molecule has 15 heteroatoms. The van der Waals surface area contributed by atoms with Crippen LogP contribution in [0.3, 0.4) is 0 Å². The van der Waals surface area contributed by atoms with Gasteiger partial charge in [0.2, 0.25) is 0 Å². The lowest BCUT2D eigenvalue weighted by Crippen LogP contribution is -2.44. The van der Waals surface area contributed by atoms with Crippen molar-refractivity contribution in [3.8, 4) is 6.07 Å². The van der Waals surface area contributed by atoms with Crippen LogP contribution in [0.1, 0.15) is 133 Å². The van der Waals surface area contributed by atoms with Crippen LogP contribution in [0.4, 0.5) is 10.2 Å². The molecule has 294 valence electrons. The minimum Gasteiger partial charge on any atom is -0.387 e. The summed E-state index contributed by atoms with van der Waals surface area (Å²) >= 11 is 0. The number of nitriles is 1. The van der Waals surface area contributed by atoms with Gasteiger partial charge in [-0.25, -0.2) is 18.5 Å². The van der Waals surface area contributed by atoms with E-state index in [1.54, 1.807) is 12.1 Å². The third-order valence-electron chi connectivity index (χ3n) is 9.85. The molecule has 4 rings (SSSR count). The summed E-state index contributed by atoms with van der Waals surface area (Å²) in [6, 6.07) is 9.16. The van der Waals surface area contributed by atoms with E-state index in [2.05, 4.69) is 17.0 Å². The van der Waals surface area contributed by atoms with Gasteiger partial charge in [-0.15, -0.1) is 0 Å². The number of benzene rings is 1. The van der Waals surface area contributed by atoms with Gasteiger partial charge in [0.05, 0.1) is 43.3 Å². The largest absolute Gasteiger partial charge is 0.472 e. The number of aliphatic hydroxyl groups excluding tert-OH is 2. The van der Waals surface area contributed by atoms with Gasteiger partial charge in [-0.3, -0.25) is 9.05 Å². The number of unbranched alkanes of at least 4 members (excludes halogenated alkanes) is 13. The summed E-state index contributed by atoms with van der Waals surface area (Å²) in [6.07, 6.45) is 14.1. The van der Waals surface area contributed by atoms with Crippen molar-refractivity contribution in [1.82, 2.24) is 14.6 Å². The highest BCUT2D eigenvalue weighted by atomic mass is 31.2. The number of ether oxygens (including phenoxy) is 2. The molecule has 5 N–H and O–H groups in total. The zero-order valence-corrected chi connectivity index (χ0v) is 32.0. The second kappa shape index (κ2) is 21.2. The van der Waals surface area contributed by atoms with Gasteiger partial charge in [-0.2, -0.15) is 10.4 Å². The fraction of sp³-hybridized carbons (Fsp3) is 0.658. The first-order chi connectivity index (χ1) is 25.5. The zero-order valence-electron chi connectivity index (χ0n) is 31.1. The van der Waals surface area contributed by atoms with Crippen molar-refractivity contribution in [2.24, 2.45) is 0 Å². The molecule has 6 atom stereocenters. The van der Waals surface area contributed by atoms with E-state index in [0.29, 0.717) is 23.2 Å². The zero-order chi connectivity index (χ0) is 38.3. The number of nitrogen functional groups attached to an aromatic ring is 1. The molecule has 13 nitrogen and oxygen atoms in total. The van der Waals surface area contributed by atoms with E-state index in [9.17, 15) is 29.3 Å². The SMILES string of the molecule is CCCCCCCCCCCCCCCC[C@@H](COP(=O)(O)OC[C@@]1(C)O[C@@H](c2ccc3c(N)ncnn23)[C@H](O)[C@@H]1O)OCc1cc(F)cc(C#N)c1. The fourth-order valence-electron chi connectivity index (χ4n) is 6.72. The Morgan fingerprint density at radius 1 is 1.02 bits per heavy atom. The fourth-order valence-corrected chi connectivity index (χ4v) is 7.57. The van der Waals surface area contributed by atoms with Crippen molar-refractivity contribution in [3.63, 3.8) is 0 Å². The molecule has 53 heavy (non-hydrogen) atoms. The van der Waals surface area contributed by atoms with Gasteiger partial charge in [0.25, 0.3) is 0 Å². The summed E-state index contributed by atoms with van der Waals surface area (Å²) in [5, 5.41) is 35.2. The molecule has 1 aromatic carbocycles. The van der Waals surface area contributed by atoms with Crippen molar-refractivity contribution in [2.45, 2.75) is 147 Å². The van der Waals surface area contributed by atoms with Crippen LogP contribution >= 0.6 is 7.82 Å². The number of aromatic nitrogens is 3. The molecule has 2 aromatic heterocycles. The number of nitrogens with zero attached hydrogens (tertiary/aromatic N) is 4. The molecule has 3 aromatic rings. The first-order valence-electron chi connectivity index (χ1n) is 19.0. The van der Waals surface area contributed by atoms with E-state index in [4.69, 9.17) is 24.3 Å². The quantitative estimate of drug-likeness (QED) is 0.0492. The lowest BCUT2D eigenvalue weighted by atomic mass is 9.97. The Morgan fingerprint density at radius 3 is 2.30 bits per heavy atom. The molecule has 0 spiro atoms. The number of nitrogens with two attached hydrogens (primary N) is 1. The standard InChI is InChI=1S/C38H57FN5O8P/c1-3-4-5-6-7-8-9-10-11-12-13-14-15-16-17-31(49-24-29-20-28(23-40)21-30(39)22-29)25-50-53(47,48)51-26-38(2)36(46)34(45)35(52-38)32-18-19-33-37(41)42-27-43-44(32)33/h18-22,27,31,34-36,45-46H,3-17,24-26H2,1-2H3,(H,47,48)(H2,41,42,43)/t31-,34-,35-,36-,38+/m0/s1. The predicted molar refractivity (Wildman–Crippen MR) is 198 cm³/mol. The van der Waals surface area contributed by atoms with Crippen molar-refractivity contribution < 1.29 is 42.6 Å². The smallest absolute Gasteiger partial charge is 0.387 e. The van der Waals surface area contributed by atoms with Gasteiger partial charge < -0.3 is 30.3 Å². The molecular weight excluding hydrogens is 704 g/mol. The minimum atomic E-state index is -4.70. The van der Waals surface area contributed by atoms with Crippen LogP contribution in [0, 0.1) is 17.1 Å². The molecule has 3 heterocycles. The van der Waals surface area contributed by atoms with Crippen LogP contribution in [0.5, 0.6) is 0 Å². The van der Waals surface area contributed by atoms with E-state index in [-0.39, 0.29) is 24.6 Å². The Balaban J connectivity index is 1.25. The van der Waals surface area contributed by atoms with Crippen LogP contribution in [0.2, 0.25) is 0 Å². The highest BCUT2D eigenvalue weighted by Gasteiger charge is 2.53. The predicted octanol–water partition coefficient (Wildman–Crippen LogP) is 7.46. The highest BCUT2D eigenvalue weighted by molar-refractivity contribution is 7.47. The number of hydrogen-bond donors (Lipinski definition) is 4. The molecule has 1 aliphatic rings. The number of aliphatic hydroxyl groups is 2. The molecule has 1 fully saturated rings. The first-order valence-corrected chi connectivity index (χ1v) is 20.5. The number of phosphoric acid groups is 1. The number of halogens is 1. The van der Waals surface area contributed by atoms with E-state index >= 15 is 0 Å². The Labute approximate surface area is 312 Å². The Morgan fingerprint density at radius 2 is 1.66 bits per heavy atom. The van der Waals surface area contributed by atoms with Gasteiger partial charge in [0.1, 0.15) is 41.6 Å². The maximum absolute atomic E-state index is 14.0. The average molecular weight is 762 g/mol. The second-order valence-electron chi connectivity index (χ2n) is 14.3. The monoisotopic (exact) mass is 761 g/mol. The van der Waals surface area contributed by atoms with Crippen LogP contribution < -0.4 is 5.73 Å². The summed E-state index contributed by atoms with van der Waals surface area (Å²) in [7, 11) is -4.70. The van der Waals surface area contributed by atoms with Crippen LogP contribution in [0.15, 0.2) is 36.7 Å². The van der Waals surface area contributed by atoms with Gasteiger partial charge in [0, 0.05) is 0 Å². The summed E-state index contributed by atoms with van der Waals surface area (Å²) in [5.74, 6) is -0.339. The van der Waals surface area contributed by atoms with Crippen molar-refractivity contribution in [1.29, 1.82) is 5.26 Å². The number of fused-ring (bicyclic) bond motifs is 1. The Hall–Kier alpha value is -2.99. The first kappa shape index (κ1) is 42.7. The average Bonchev–Trinajstić information content (AvgIpc) is 3.67. The van der Waals surface area contributed by atoms with Gasteiger partial charge in [-0.1, -0.05) is 96.8 Å². The van der Waals surface area contributed by atoms with E-state index in [1.165, 1.54) is 94.1 Å². The van der Waals surface area contributed by atoms with Crippen LogP contribution in [-0.2, 0) is 29.7 Å². The topological polar surface area (TPSA) is 195 Å². The molecular formula is C38H57FN5O8P. The normalized spacial score (nSPS) is 21.9. The molecule has 0 saturated carbocycles. The molecule has 1 saturated heterocycles. The minimum absolute atomic E-state index is 0.0297. The summed E-state index contributed by atoms with van der Waals surface area (Å²) < 4.78 is 51.2. The van der Waals surface area contributed by atoms with E-state index in [1.807, 2.05) is 6.07 Å². The lowest BCUT2D eigenvalue weighted by molar-refractivity contribution is -0.101. The van der Waals surface area contributed by atoms with Crippen LogP contribution in [0.25, 0.3) is 5.52 Å². The van der Waals surface area contributed by atoms with E-state index < -0.39 is 50.3 Å².